The molecule has 0 aromatic heterocycles. The van der Waals surface area contributed by atoms with Gasteiger partial charge in [-0.25, -0.2) is 9.59 Å². The molecule has 5 heteroatoms. The highest BCUT2D eigenvalue weighted by atomic mass is 16.5. The first-order chi connectivity index (χ1) is 11.7. The molecule has 0 bridgehead atoms. The van der Waals surface area contributed by atoms with Crippen molar-refractivity contribution in [1.82, 2.24) is 5.32 Å². The number of carbonyl (C=O) groups is 2. The first-order valence-electron chi connectivity index (χ1n) is 8.98. The monoisotopic (exact) mass is 347 g/mol. The normalized spacial score (nSPS) is 32.2. The van der Waals surface area contributed by atoms with Crippen molar-refractivity contribution in [2.24, 2.45) is 5.92 Å². The first kappa shape index (κ1) is 19.4. The highest BCUT2D eigenvalue weighted by Crippen LogP contribution is 2.39. The number of ether oxygens (including phenoxy) is 1. The summed E-state index contributed by atoms with van der Waals surface area (Å²) in [4.78, 5) is 24.0. The van der Waals surface area contributed by atoms with Gasteiger partial charge in [-0.05, 0) is 38.8 Å². The Hall–Kier alpha value is -1.88. The predicted octanol–water partition coefficient (Wildman–Crippen LogP) is 3.88. The SMILES string of the molecule is CCC1(C)CC(OC(=O)c2ccccc2C(=O)O)C(C)C(C)(CC)N1. The van der Waals surface area contributed by atoms with Gasteiger partial charge in [-0.2, -0.15) is 0 Å². The van der Waals surface area contributed by atoms with E-state index in [1.165, 1.54) is 12.1 Å². The molecule has 4 atom stereocenters. The molecule has 1 fully saturated rings. The van der Waals surface area contributed by atoms with Crippen molar-refractivity contribution in [2.45, 2.75) is 71.1 Å². The van der Waals surface area contributed by atoms with E-state index in [2.05, 4.69) is 39.9 Å². The third-order valence-corrected chi connectivity index (χ3v) is 5.95. The Kier molecular flexibility index (Phi) is 5.57. The second-order valence-electron chi connectivity index (χ2n) is 7.60. The molecule has 1 aromatic rings. The Bertz CT molecular complexity index is 659. The molecule has 0 saturated carbocycles. The lowest BCUT2D eigenvalue weighted by atomic mass is 9.70. The van der Waals surface area contributed by atoms with Gasteiger partial charge in [0.25, 0.3) is 0 Å². The van der Waals surface area contributed by atoms with Gasteiger partial charge in [0.05, 0.1) is 11.1 Å². The van der Waals surface area contributed by atoms with Crippen LogP contribution in [0, 0.1) is 5.92 Å². The quantitative estimate of drug-likeness (QED) is 0.791. The number of carbonyl (C=O) groups excluding carboxylic acids is 1. The topological polar surface area (TPSA) is 75.6 Å². The van der Waals surface area contributed by atoms with E-state index >= 15 is 0 Å². The summed E-state index contributed by atoms with van der Waals surface area (Å²) < 4.78 is 5.83. The Balaban J connectivity index is 2.29. The van der Waals surface area contributed by atoms with Gasteiger partial charge in [0.15, 0.2) is 0 Å². The third-order valence-electron chi connectivity index (χ3n) is 5.95. The van der Waals surface area contributed by atoms with Crippen LogP contribution in [0.2, 0.25) is 0 Å². The molecular formula is C20H29NO4. The Labute approximate surface area is 149 Å². The van der Waals surface area contributed by atoms with E-state index in [9.17, 15) is 14.7 Å². The molecule has 138 valence electrons. The van der Waals surface area contributed by atoms with Gasteiger partial charge in [0.2, 0.25) is 0 Å². The summed E-state index contributed by atoms with van der Waals surface area (Å²) in [5, 5.41) is 13.0. The maximum absolute atomic E-state index is 12.7. The molecule has 1 aliphatic heterocycles. The molecule has 1 heterocycles. The molecule has 1 aromatic carbocycles. The Morgan fingerprint density at radius 3 is 2.32 bits per heavy atom. The summed E-state index contributed by atoms with van der Waals surface area (Å²) in [6.45, 7) is 10.7. The van der Waals surface area contributed by atoms with Crippen LogP contribution in [-0.4, -0.2) is 34.2 Å². The molecule has 0 spiro atoms. The summed E-state index contributed by atoms with van der Waals surface area (Å²) >= 11 is 0. The van der Waals surface area contributed by atoms with Crippen LogP contribution >= 0.6 is 0 Å². The van der Waals surface area contributed by atoms with Crippen molar-refractivity contribution in [3.8, 4) is 0 Å². The third kappa shape index (κ3) is 3.87. The van der Waals surface area contributed by atoms with Crippen LogP contribution in [0.3, 0.4) is 0 Å². The standard InChI is InChI=1S/C20H29NO4/c1-6-19(4)12-16(13(3)20(5,7-2)21-19)25-18(24)15-11-9-8-10-14(15)17(22)23/h8-11,13,16,21H,6-7,12H2,1-5H3,(H,22,23). The number of rotatable bonds is 5. The highest BCUT2D eigenvalue weighted by Gasteiger charge is 2.47. The zero-order chi connectivity index (χ0) is 18.8. The molecule has 2 rings (SSSR count). The molecule has 0 aliphatic carbocycles. The van der Waals surface area contributed by atoms with E-state index in [1.54, 1.807) is 12.1 Å². The van der Waals surface area contributed by atoms with E-state index in [-0.39, 0.29) is 34.2 Å². The molecule has 5 nitrogen and oxygen atoms in total. The van der Waals surface area contributed by atoms with Gasteiger partial charge < -0.3 is 15.2 Å². The number of esters is 1. The lowest BCUT2D eigenvalue weighted by Gasteiger charge is -2.52. The number of aromatic carboxylic acids is 1. The van der Waals surface area contributed by atoms with Crippen LogP contribution in [0.1, 0.15) is 74.6 Å². The number of benzene rings is 1. The fourth-order valence-corrected chi connectivity index (χ4v) is 3.72. The van der Waals surface area contributed by atoms with Crippen molar-refractivity contribution in [3.05, 3.63) is 35.4 Å². The van der Waals surface area contributed by atoms with E-state index in [0.29, 0.717) is 6.42 Å². The fourth-order valence-electron chi connectivity index (χ4n) is 3.72. The van der Waals surface area contributed by atoms with Crippen molar-refractivity contribution < 1.29 is 19.4 Å². The largest absolute Gasteiger partial charge is 0.478 e. The van der Waals surface area contributed by atoms with Crippen LogP contribution in [0.5, 0.6) is 0 Å². The number of carboxylic acids is 1. The zero-order valence-corrected chi connectivity index (χ0v) is 15.8. The van der Waals surface area contributed by atoms with Gasteiger partial charge >= 0.3 is 11.9 Å². The summed E-state index contributed by atoms with van der Waals surface area (Å²) in [6, 6.07) is 6.20. The second-order valence-corrected chi connectivity index (χ2v) is 7.60. The number of hydrogen-bond donors (Lipinski definition) is 2. The van der Waals surface area contributed by atoms with Crippen molar-refractivity contribution in [1.29, 1.82) is 0 Å². The Morgan fingerprint density at radius 2 is 1.80 bits per heavy atom. The Morgan fingerprint density at radius 1 is 1.20 bits per heavy atom. The molecule has 2 N–H and O–H groups in total. The van der Waals surface area contributed by atoms with Gasteiger partial charge in [-0.3, -0.25) is 0 Å². The number of nitrogens with one attached hydrogen (secondary N) is 1. The van der Waals surface area contributed by atoms with Gasteiger partial charge in [-0.15, -0.1) is 0 Å². The van der Waals surface area contributed by atoms with E-state index in [0.717, 1.165) is 12.8 Å². The lowest BCUT2D eigenvalue weighted by Crippen LogP contribution is -2.66. The lowest BCUT2D eigenvalue weighted by molar-refractivity contribution is -0.0486. The summed E-state index contributed by atoms with van der Waals surface area (Å²) in [6.07, 6.45) is 2.30. The average Bonchev–Trinajstić information content (AvgIpc) is 2.59. The van der Waals surface area contributed by atoms with Crippen LogP contribution in [0.4, 0.5) is 0 Å². The molecule has 1 saturated heterocycles. The molecule has 4 unspecified atom stereocenters. The molecule has 0 amide bonds. The van der Waals surface area contributed by atoms with Crippen molar-refractivity contribution in [3.63, 3.8) is 0 Å². The van der Waals surface area contributed by atoms with E-state index in [4.69, 9.17) is 4.74 Å². The van der Waals surface area contributed by atoms with E-state index in [1.807, 2.05) is 0 Å². The van der Waals surface area contributed by atoms with Crippen molar-refractivity contribution in [2.75, 3.05) is 0 Å². The van der Waals surface area contributed by atoms with Gasteiger partial charge in [0, 0.05) is 23.4 Å². The maximum atomic E-state index is 12.7. The molecular weight excluding hydrogens is 318 g/mol. The zero-order valence-electron chi connectivity index (χ0n) is 15.8. The van der Waals surface area contributed by atoms with Crippen LogP contribution in [0.25, 0.3) is 0 Å². The maximum Gasteiger partial charge on any atom is 0.339 e. The first-order valence-corrected chi connectivity index (χ1v) is 8.98. The van der Waals surface area contributed by atoms with Crippen LogP contribution in [-0.2, 0) is 4.74 Å². The van der Waals surface area contributed by atoms with Crippen molar-refractivity contribution >= 4 is 11.9 Å². The average molecular weight is 347 g/mol. The molecule has 1 aliphatic rings. The summed E-state index contributed by atoms with van der Waals surface area (Å²) in [5.41, 5.74) is -0.169. The molecule has 0 radical (unpaired) electrons. The minimum Gasteiger partial charge on any atom is -0.478 e. The number of carboxylic acid groups (broad SMARTS) is 1. The summed E-state index contributed by atoms with van der Waals surface area (Å²) in [7, 11) is 0. The minimum atomic E-state index is -1.12. The van der Waals surface area contributed by atoms with Gasteiger partial charge in [0.1, 0.15) is 6.10 Å². The van der Waals surface area contributed by atoms with Gasteiger partial charge in [-0.1, -0.05) is 32.9 Å². The second kappa shape index (κ2) is 7.16. The van der Waals surface area contributed by atoms with Crippen LogP contribution in [0.15, 0.2) is 24.3 Å². The molecule has 25 heavy (non-hydrogen) atoms. The minimum absolute atomic E-state index is 0.0226. The predicted molar refractivity (Wildman–Crippen MR) is 96.9 cm³/mol. The van der Waals surface area contributed by atoms with E-state index < -0.39 is 11.9 Å². The van der Waals surface area contributed by atoms with Crippen LogP contribution < -0.4 is 5.32 Å². The smallest absolute Gasteiger partial charge is 0.339 e. The number of piperidine rings is 1. The number of hydrogen-bond acceptors (Lipinski definition) is 4. The highest BCUT2D eigenvalue weighted by molar-refractivity contribution is 6.02. The summed E-state index contributed by atoms with van der Waals surface area (Å²) in [5.74, 6) is -1.56. The fraction of sp³-hybridized carbons (Fsp3) is 0.600.